The highest BCUT2D eigenvalue weighted by molar-refractivity contribution is 7.26. The molecule has 48 heavy (non-hydrogen) atoms. The Morgan fingerprint density at radius 1 is 0.354 bits per heavy atom. The minimum Gasteiger partial charge on any atom is -0.310 e. The quantitative estimate of drug-likeness (QED) is 0.176. The van der Waals surface area contributed by atoms with E-state index in [1.807, 2.05) is 11.3 Å². The summed E-state index contributed by atoms with van der Waals surface area (Å²) in [6.45, 7) is 0. The Labute approximate surface area is 282 Å². The van der Waals surface area contributed by atoms with E-state index in [9.17, 15) is 0 Å². The molecule has 1 nitrogen and oxygen atoms in total. The van der Waals surface area contributed by atoms with Crippen LogP contribution in [-0.2, 0) is 0 Å². The third-order valence-corrected chi connectivity index (χ3v) is 11.0. The van der Waals surface area contributed by atoms with E-state index in [-0.39, 0.29) is 0 Å². The van der Waals surface area contributed by atoms with Crippen LogP contribution >= 0.6 is 11.3 Å². The molecule has 0 atom stereocenters. The van der Waals surface area contributed by atoms with Gasteiger partial charge in [0.25, 0.3) is 0 Å². The van der Waals surface area contributed by atoms with Crippen molar-refractivity contribution in [3.63, 3.8) is 0 Å². The normalized spacial score (nSPS) is 11.8. The minimum atomic E-state index is 1.13. The molecule has 0 radical (unpaired) electrons. The molecule has 0 bridgehead atoms. The van der Waals surface area contributed by atoms with Crippen molar-refractivity contribution < 1.29 is 0 Å². The van der Waals surface area contributed by atoms with Crippen molar-refractivity contribution in [1.82, 2.24) is 0 Å². The second kappa shape index (κ2) is 10.8. The largest absolute Gasteiger partial charge is 0.310 e. The average Bonchev–Trinajstić information content (AvgIpc) is 3.54. The van der Waals surface area contributed by atoms with Crippen molar-refractivity contribution in [2.45, 2.75) is 0 Å². The second-order valence-corrected chi connectivity index (χ2v) is 13.6. The predicted molar refractivity (Wildman–Crippen MR) is 209 cm³/mol. The van der Waals surface area contributed by atoms with E-state index in [1.165, 1.54) is 80.1 Å². The van der Waals surface area contributed by atoms with E-state index in [2.05, 4.69) is 181 Å². The fourth-order valence-electron chi connectivity index (χ4n) is 7.58. The van der Waals surface area contributed by atoms with Gasteiger partial charge in [0.2, 0.25) is 0 Å². The number of hydrogen-bond donors (Lipinski definition) is 0. The van der Waals surface area contributed by atoms with E-state index in [4.69, 9.17) is 0 Å². The van der Waals surface area contributed by atoms with E-state index < -0.39 is 0 Å². The lowest BCUT2D eigenvalue weighted by atomic mass is 9.93. The molecular formula is C46H29NS. The molecular weight excluding hydrogens is 599 g/mol. The van der Waals surface area contributed by atoms with Crippen LogP contribution in [0.25, 0.3) is 74.4 Å². The van der Waals surface area contributed by atoms with Crippen molar-refractivity contribution in [2.75, 3.05) is 4.90 Å². The summed E-state index contributed by atoms with van der Waals surface area (Å²) in [5.74, 6) is 0. The molecule has 10 rings (SSSR count). The van der Waals surface area contributed by atoms with Gasteiger partial charge in [0, 0.05) is 31.5 Å². The molecule has 0 spiro atoms. The number of hydrogen-bond acceptors (Lipinski definition) is 2. The summed E-state index contributed by atoms with van der Waals surface area (Å²) in [7, 11) is 0. The summed E-state index contributed by atoms with van der Waals surface area (Å²) in [6, 6.07) is 64.6. The molecule has 2 heteroatoms. The van der Waals surface area contributed by atoms with Crippen LogP contribution in [0.1, 0.15) is 0 Å². The van der Waals surface area contributed by atoms with Crippen LogP contribution in [0.5, 0.6) is 0 Å². The number of anilines is 3. The Morgan fingerprint density at radius 2 is 0.938 bits per heavy atom. The zero-order valence-corrected chi connectivity index (χ0v) is 26.9. The van der Waals surface area contributed by atoms with Gasteiger partial charge in [0.1, 0.15) is 0 Å². The molecule has 0 unspecified atom stereocenters. The van der Waals surface area contributed by atoms with Crippen LogP contribution in [0, 0.1) is 0 Å². The topological polar surface area (TPSA) is 3.24 Å². The Hall–Kier alpha value is -5.96. The molecule has 0 amide bonds. The van der Waals surface area contributed by atoms with Gasteiger partial charge in [-0.05, 0) is 103 Å². The van der Waals surface area contributed by atoms with E-state index in [1.54, 1.807) is 0 Å². The Kier molecular flexibility index (Phi) is 6.12. The maximum absolute atomic E-state index is 2.45. The monoisotopic (exact) mass is 627 g/mol. The minimum absolute atomic E-state index is 1.13. The molecule has 0 aliphatic rings. The highest BCUT2D eigenvalue weighted by Gasteiger charge is 2.19. The number of fused-ring (bicyclic) bond motifs is 9. The van der Waals surface area contributed by atoms with Crippen molar-refractivity contribution >= 4 is 91.7 Å². The third-order valence-electron chi connectivity index (χ3n) is 9.81. The van der Waals surface area contributed by atoms with Crippen LogP contribution < -0.4 is 4.90 Å². The molecule has 0 saturated carbocycles. The lowest BCUT2D eigenvalue weighted by molar-refractivity contribution is 1.31. The van der Waals surface area contributed by atoms with Gasteiger partial charge < -0.3 is 4.90 Å². The van der Waals surface area contributed by atoms with Gasteiger partial charge in [-0.3, -0.25) is 0 Å². The molecule has 0 fully saturated rings. The van der Waals surface area contributed by atoms with Gasteiger partial charge in [-0.2, -0.15) is 0 Å². The van der Waals surface area contributed by atoms with Crippen LogP contribution in [0.4, 0.5) is 17.1 Å². The highest BCUT2D eigenvalue weighted by atomic mass is 32.1. The van der Waals surface area contributed by atoms with Gasteiger partial charge in [-0.15, -0.1) is 11.3 Å². The van der Waals surface area contributed by atoms with Crippen molar-refractivity contribution in [2.24, 2.45) is 0 Å². The summed E-state index contributed by atoms with van der Waals surface area (Å²) < 4.78 is 2.60. The summed E-state index contributed by atoms with van der Waals surface area (Å²) in [4.78, 5) is 2.45. The standard InChI is InChI=1S/C46H29NS/c1-3-12-36-30(10-1)20-21-31-24-27-35(29-42(31)36)47(43-17-9-19-45-46(43)40-16-7-8-18-44(40)48-45)34-25-22-32(23-26-34)41-28-33-11-2-4-13-37(33)38-14-5-6-15-39(38)41/h1-29H. The Balaban J connectivity index is 1.21. The van der Waals surface area contributed by atoms with Crippen molar-refractivity contribution in [3.8, 4) is 11.1 Å². The van der Waals surface area contributed by atoms with E-state index >= 15 is 0 Å². The number of nitrogens with zero attached hydrogens (tertiary/aromatic N) is 1. The SMILES string of the molecule is c1ccc2c(c1)ccc1ccc(N(c3ccc(-c4cc5ccccc5c5ccccc45)cc3)c3cccc4sc5ccccc5c34)cc12. The highest BCUT2D eigenvalue weighted by Crippen LogP contribution is 2.46. The molecule has 0 aliphatic heterocycles. The zero-order valence-electron chi connectivity index (χ0n) is 26.1. The summed E-state index contributed by atoms with van der Waals surface area (Å²) >= 11 is 1.86. The number of benzene rings is 9. The van der Waals surface area contributed by atoms with E-state index in [0.717, 1.165) is 11.4 Å². The van der Waals surface area contributed by atoms with Crippen LogP contribution in [0.2, 0.25) is 0 Å². The van der Waals surface area contributed by atoms with Crippen LogP contribution in [-0.4, -0.2) is 0 Å². The first-order valence-corrected chi connectivity index (χ1v) is 17.2. The lowest BCUT2D eigenvalue weighted by Gasteiger charge is -2.27. The zero-order chi connectivity index (χ0) is 31.6. The fourth-order valence-corrected chi connectivity index (χ4v) is 8.71. The number of thiophene rings is 1. The molecule has 10 aromatic rings. The van der Waals surface area contributed by atoms with Crippen molar-refractivity contribution in [1.29, 1.82) is 0 Å². The average molecular weight is 628 g/mol. The maximum atomic E-state index is 2.45. The van der Waals surface area contributed by atoms with E-state index in [0.29, 0.717) is 0 Å². The molecule has 1 heterocycles. The predicted octanol–water partition coefficient (Wildman–Crippen LogP) is 13.8. The van der Waals surface area contributed by atoms with Gasteiger partial charge in [-0.1, -0.05) is 127 Å². The van der Waals surface area contributed by atoms with Gasteiger partial charge >= 0.3 is 0 Å². The third kappa shape index (κ3) is 4.24. The number of rotatable bonds is 4. The lowest BCUT2D eigenvalue weighted by Crippen LogP contribution is -2.10. The molecule has 9 aromatic carbocycles. The van der Waals surface area contributed by atoms with Gasteiger partial charge in [-0.25, -0.2) is 0 Å². The molecule has 224 valence electrons. The summed E-state index contributed by atoms with van der Waals surface area (Å²) in [6.07, 6.45) is 0. The van der Waals surface area contributed by atoms with Crippen molar-refractivity contribution in [3.05, 3.63) is 176 Å². The first kappa shape index (κ1) is 27.2. The maximum Gasteiger partial charge on any atom is 0.0554 e. The Morgan fingerprint density at radius 3 is 1.75 bits per heavy atom. The first-order chi connectivity index (χ1) is 23.8. The fraction of sp³-hybridized carbons (Fsp3) is 0. The summed E-state index contributed by atoms with van der Waals surface area (Å²) in [5.41, 5.74) is 5.93. The van der Waals surface area contributed by atoms with Crippen LogP contribution in [0.15, 0.2) is 176 Å². The molecule has 0 aliphatic carbocycles. The second-order valence-electron chi connectivity index (χ2n) is 12.5. The molecule has 0 N–H and O–H groups in total. The molecule has 0 saturated heterocycles. The van der Waals surface area contributed by atoms with Gasteiger partial charge in [0.15, 0.2) is 0 Å². The smallest absolute Gasteiger partial charge is 0.0554 e. The molecule has 1 aromatic heterocycles. The van der Waals surface area contributed by atoms with Crippen LogP contribution in [0.3, 0.4) is 0 Å². The first-order valence-electron chi connectivity index (χ1n) is 16.4. The van der Waals surface area contributed by atoms with Gasteiger partial charge in [0.05, 0.1) is 5.69 Å². The summed E-state index contributed by atoms with van der Waals surface area (Å²) in [5, 5.41) is 12.7. The Bertz CT molecular complexity index is 2840.